The SMILES string of the molecule is CC(CN)N1CC(c2coc3ccccc23)NC1=O. The van der Waals surface area contributed by atoms with Gasteiger partial charge in [-0.25, -0.2) is 4.79 Å². The molecule has 0 spiro atoms. The van der Waals surface area contributed by atoms with Crippen molar-refractivity contribution in [1.29, 1.82) is 0 Å². The number of carbonyl (C=O) groups excluding carboxylic acids is 1. The van der Waals surface area contributed by atoms with Gasteiger partial charge in [0, 0.05) is 30.1 Å². The number of fused-ring (bicyclic) bond motifs is 1. The molecule has 19 heavy (non-hydrogen) atoms. The van der Waals surface area contributed by atoms with Crippen LogP contribution >= 0.6 is 0 Å². The number of amides is 2. The Labute approximate surface area is 111 Å². The van der Waals surface area contributed by atoms with E-state index in [-0.39, 0.29) is 18.1 Å². The Morgan fingerprint density at radius 3 is 3.11 bits per heavy atom. The summed E-state index contributed by atoms with van der Waals surface area (Å²) in [4.78, 5) is 13.7. The predicted molar refractivity (Wildman–Crippen MR) is 72.7 cm³/mol. The van der Waals surface area contributed by atoms with E-state index >= 15 is 0 Å². The van der Waals surface area contributed by atoms with E-state index in [0.29, 0.717) is 13.1 Å². The standard InChI is InChI=1S/C14H17N3O2/c1-9(6-15)17-7-12(16-14(17)18)11-8-19-13-5-3-2-4-10(11)13/h2-5,8-9,12H,6-7,15H2,1H3,(H,16,18). The van der Waals surface area contributed by atoms with Crippen LogP contribution in [-0.4, -0.2) is 30.1 Å². The van der Waals surface area contributed by atoms with E-state index in [1.807, 2.05) is 31.2 Å². The molecule has 1 fully saturated rings. The third kappa shape index (κ3) is 1.96. The summed E-state index contributed by atoms with van der Waals surface area (Å²) in [5.41, 5.74) is 7.50. The Kier molecular flexibility index (Phi) is 2.91. The molecule has 2 aromatic rings. The van der Waals surface area contributed by atoms with Gasteiger partial charge in [0.2, 0.25) is 0 Å². The highest BCUT2D eigenvalue weighted by molar-refractivity contribution is 5.84. The molecule has 2 amide bonds. The number of benzene rings is 1. The average Bonchev–Trinajstić information content (AvgIpc) is 3.01. The zero-order valence-electron chi connectivity index (χ0n) is 10.8. The molecule has 0 bridgehead atoms. The maximum Gasteiger partial charge on any atom is 0.318 e. The number of nitrogens with zero attached hydrogens (tertiary/aromatic N) is 1. The Morgan fingerprint density at radius 2 is 2.32 bits per heavy atom. The summed E-state index contributed by atoms with van der Waals surface area (Å²) >= 11 is 0. The number of carbonyl (C=O) groups is 1. The second-order valence-electron chi connectivity index (χ2n) is 4.93. The topological polar surface area (TPSA) is 71.5 Å². The zero-order chi connectivity index (χ0) is 13.4. The third-order valence-electron chi connectivity index (χ3n) is 3.70. The van der Waals surface area contributed by atoms with Crippen molar-refractivity contribution in [1.82, 2.24) is 10.2 Å². The van der Waals surface area contributed by atoms with Gasteiger partial charge in [0.05, 0.1) is 12.3 Å². The Hall–Kier alpha value is -2.01. The normalized spacial score (nSPS) is 20.8. The molecule has 1 aromatic heterocycles. The van der Waals surface area contributed by atoms with Crippen LogP contribution < -0.4 is 11.1 Å². The number of furan rings is 1. The van der Waals surface area contributed by atoms with Gasteiger partial charge < -0.3 is 20.4 Å². The summed E-state index contributed by atoms with van der Waals surface area (Å²) < 4.78 is 5.52. The molecule has 3 rings (SSSR count). The minimum atomic E-state index is -0.0618. The fraction of sp³-hybridized carbons (Fsp3) is 0.357. The summed E-state index contributed by atoms with van der Waals surface area (Å²) in [5.74, 6) is 0. The van der Waals surface area contributed by atoms with E-state index in [4.69, 9.17) is 10.2 Å². The molecular weight excluding hydrogens is 242 g/mol. The second-order valence-corrected chi connectivity index (χ2v) is 4.93. The summed E-state index contributed by atoms with van der Waals surface area (Å²) in [5, 5.41) is 4.04. The zero-order valence-corrected chi connectivity index (χ0v) is 10.8. The summed E-state index contributed by atoms with van der Waals surface area (Å²) in [7, 11) is 0. The molecule has 2 unspecified atom stereocenters. The van der Waals surface area contributed by atoms with Gasteiger partial charge >= 0.3 is 6.03 Å². The first-order valence-electron chi connectivity index (χ1n) is 6.44. The van der Waals surface area contributed by atoms with Crippen molar-refractivity contribution in [2.24, 2.45) is 5.73 Å². The van der Waals surface area contributed by atoms with Crippen molar-refractivity contribution in [3.63, 3.8) is 0 Å². The summed E-state index contributed by atoms with van der Waals surface area (Å²) in [6.45, 7) is 3.04. The summed E-state index contributed by atoms with van der Waals surface area (Å²) in [6, 6.07) is 7.79. The van der Waals surface area contributed by atoms with Crippen molar-refractivity contribution in [3.05, 3.63) is 36.1 Å². The fourth-order valence-corrected chi connectivity index (χ4v) is 2.51. The van der Waals surface area contributed by atoms with E-state index in [2.05, 4.69) is 5.32 Å². The predicted octanol–water partition coefficient (Wildman–Crippen LogP) is 1.85. The van der Waals surface area contributed by atoms with Crippen LogP contribution in [0.5, 0.6) is 0 Å². The van der Waals surface area contributed by atoms with Crippen molar-refractivity contribution < 1.29 is 9.21 Å². The lowest BCUT2D eigenvalue weighted by Crippen LogP contribution is -2.40. The molecule has 5 nitrogen and oxygen atoms in total. The highest BCUT2D eigenvalue weighted by Crippen LogP contribution is 2.29. The van der Waals surface area contributed by atoms with Crippen LogP contribution in [0.15, 0.2) is 34.9 Å². The van der Waals surface area contributed by atoms with Gasteiger partial charge in [0.15, 0.2) is 0 Å². The van der Waals surface area contributed by atoms with Crippen LogP contribution in [0, 0.1) is 0 Å². The van der Waals surface area contributed by atoms with Gasteiger partial charge in [-0.15, -0.1) is 0 Å². The number of hydrogen-bond acceptors (Lipinski definition) is 3. The fourth-order valence-electron chi connectivity index (χ4n) is 2.51. The lowest BCUT2D eigenvalue weighted by Gasteiger charge is -2.21. The van der Waals surface area contributed by atoms with Gasteiger partial charge in [-0.2, -0.15) is 0 Å². The van der Waals surface area contributed by atoms with Gasteiger partial charge in [-0.05, 0) is 13.0 Å². The van der Waals surface area contributed by atoms with Crippen LogP contribution in [0.1, 0.15) is 18.5 Å². The molecule has 1 aliphatic heterocycles. The lowest BCUT2D eigenvalue weighted by molar-refractivity contribution is 0.203. The first-order valence-corrected chi connectivity index (χ1v) is 6.44. The molecule has 0 radical (unpaired) electrons. The van der Waals surface area contributed by atoms with Crippen molar-refractivity contribution >= 4 is 17.0 Å². The number of urea groups is 1. The molecule has 2 atom stereocenters. The van der Waals surface area contributed by atoms with Gasteiger partial charge in [0.1, 0.15) is 5.58 Å². The van der Waals surface area contributed by atoms with Crippen LogP contribution in [0.25, 0.3) is 11.0 Å². The van der Waals surface area contributed by atoms with Crippen molar-refractivity contribution in [3.8, 4) is 0 Å². The number of nitrogens with two attached hydrogens (primary N) is 1. The van der Waals surface area contributed by atoms with Gasteiger partial charge in [-0.1, -0.05) is 18.2 Å². The van der Waals surface area contributed by atoms with E-state index in [1.165, 1.54) is 0 Å². The van der Waals surface area contributed by atoms with Crippen molar-refractivity contribution in [2.45, 2.75) is 19.0 Å². The van der Waals surface area contributed by atoms with Crippen LogP contribution in [-0.2, 0) is 0 Å². The Bertz CT molecular complexity index is 608. The van der Waals surface area contributed by atoms with E-state index < -0.39 is 0 Å². The maximum absolute atomic E-state index is 11.9. The average molecular weight is 259 g/mol. The molecule has 1 aromatic carbocycles. The minimum absolute atomic E-state index is 0.0369. The quantitative estimate of drug-likeness (QED) is 0.883. The molecule has 1 saturated heterocycles. The van der Waals surface area contributed by atoms with E-state index in [0.717, 1.165) is 16.5 Å². The van der Waals surface area contributed by atoms with E-state index in [9.17, 15) is 4.79 Å². The largest absolute Gasteiger partial charge is 0.464 e. The van der Waals surface area contributed by atoms with Crippen LogP contribution in [0.3, 0.4) is 0 Å². The Morgan fingerprint density at radius 1 is 1.53 bits per heavy atom. The molecule has 0 aliphatic carbocycles. The third-order valence-corrected chi connectivity index (χ3v) is 3.70. The number of para-hydroxylation sites is 1. The first kappa shape index (κ1) is 12.0. The molecule has 5 heteroatoms. The highest BCUT2D eigenvalue weighted by atomic mass is 16.3. The lowest BCUT2D eigenvalue weighted by atomic mass is 10.1. The molecular formula is C14H17N3O2. The molecule has 2 heterocycles. The molecule has 100 valence electrons. The molecule has 0 saturated carbocycles. The molecule has 1 aliphatic rings. The number of nitrogens with one attached hydrogen (secondary N) is 1. The number of rotatable bonds is 3. The monoisotopic (exact) mass is 259 g/mol. The Balaban J connectivity index is 1.90. The molecule has 3 N–H and O–H groups in total. The van der Waals surface area contributed by atoms with Gasteiger partial charge in [-0.3, -0.25) is 0 Å². The number of hydrogen-bond donors (Lipinski definition) is 2. The van der Waals surface area contributed by atoms with Crippen LogP contribution in [0.4, 0.5) is 4.79 Å². The van der Waals surface area contributed by atoms with E-state index in [1.54, 1.807) is 11.2 Å². The van der Waals surface area contributed by atoms with Gasteiger partial charge in [0.25, 0.3) is 0 Å². The van der Waals surface area contributed by atoms with Crippen molar-refractivity contribution in [2.75, 3.05) is 13.1 Å². The highest BCUT2D eigenvalue weighted by Gasteiger charge is 2.33. The smallest absolute Gasteiger partial charge is 0.318 e. The second kappa shape index (κ2) is 4.59. The van der Waals surface area contributed by atoms with Crippen LogP contribution in [0.2, 0.25) is 0 Å². The first-order chi connectivity index (χ1) is 9.20. The summed E-state index contributed by atoms with van der Waals surface area (Å²) in [6.07, 6.45) is 1.73. The minimum Gasteiger partial charge on any atom is -0.464 e. The maximum atomic E-state index is 11.9.